The van der Waals surface area contributed by atoms with Crippen molar-refractivity contribution >= 4 is 5.97 Å². The van der Waals surface area contributed by atoms with Crippen molar-refractivity contribution in [1.82, 2.24) is 0 Å². The van der Waals surface area contributed by atoms with Crippen molar-refractivity contribution in [3.05, 3.63) is 83.4 Å². The van der Waals surface area contributed by atoms with Crippen molar-refractivity contribution < 1.29 is 23.0 Å². The first-order valence-corrected chi connectivity index (χ1v) is 17.0. The van der Waals surface area contributed by atoms with E-state index in [4.69, 9.17) is 9.47 Å². The second kappa shape index (κ2) is 20.7. The summed E-state index contributed by atoms with van der Waals surface area (Å²) in [6, 6.07) is 16.4. The van der Waals surface area contributed by atoms with E-state index in [-0.39, 0.29) is 11.5 Å². The molecule has 0 unspecified atom stereocenters. The van der Waals surface area contributed by atoms with E-state index in [1.807, 2.05) is 12.1 Å². The van der Waals surface area contributed by atoms with Gasteiger partial charge >= 0.3 is 5.97 Å². The van der Waals surface area contributed by atoms with Crippen molar-refractivity contribution in [2.24, 2.45) is 0 Å². The van der Waals surface area contributed by atoms with Gasteiger partial charge in [-0.25, -0.2) is 13.6 Å². The maximum Gasteiger partial charge on any atom is 0.343 e. The van der Waals surface area contributed by atoms with Crippen LogP contribution in [0.5, 0.6) is 11.5 Å². The summed E-state index contributed by atoms with van der Waals surface area (Å²) in [4.78, 5) is 12.7. The molecule has 0 saturated carbocycles. The molecule has 0 bridgehead atoms. The second-order valence-corrected chi connectivity index (χ2v) is 11.9. The standard InChI is InChI=1S/C39H52F2O3/c1-3-5-7-9-11-12-13-15-17-19-31-20-26-38(35(40)29-31)44-39(42)33-23-21-32(22-24-33)34-25-27-37(36(41)30-34)43-28-18-16-14-10-8-6-4-2/h20-27,29-30H,3-19,28H2,1-2H3. The summed E-state index contributed by atoms with van der Waals surface area (Å²) in [5.74, 6) is -1.41. The Morgan fingerprint density at radius 3 is 1.68 bits per heavy atom. The van der Waals surface area contributed by atoms with Crippen LogP contribution in [-0.2, 0) is 6.42 Å². The highest BCUT2D eigenvalue weighted by molar-refractivity contribution is 5.91. The fourth-order valence-electron chi connectivity index (χ4n) is 5.42. The molecule has 0 amide bonds. The fourth-order valence-corrected chi connectivity index (χ4v) is 5.42. The molecule has 0 atom stereocenters. The lowest BCUT2D eigenvalue weighted by molar-refractivity contribution is 0.0728. The minimum absolute atomic E-state index is 0.0796. The highest BCUT2D eigenvalue weighted by Gasteiger charge is 2.14. The normalized spacial score (nSPS) is 11.1. The van der Waals surface area contributed by atoms with Gasteiger partial charge < -0.3 is 9.47 Å². The summed E-state index contributed by atoms with van der Waals surface area (Å²) in [5.41, 5.74) is 2.64. The van der Waals surface area contributed by atoms with Gasteiger partial charge in [-0.15, -0.1) is 0 Å². The summed E-state index contributed by atoms with van der Waals surface area (Å²) >= 11 is 0. The maximum absolute atomic E-state index is 14.7. The van der Waals surface area contributed by atoms with Crippen LogP contribution in [0, 0.1) is 11.6 Å². The van der Waals surface area contributed by atoms with Gasteiger partial charge in [0.05, 0.1) is 12.2 Å². The molecular formula is C39H52F2O3. The third-order valence-electron chi connectivity index (χ3n) is 8.16. The summed E-state index contributed by atoms with van der Waals surface area (Å²) < 4.78 is 40.4. The molecule has 3 aromatic carbocycles. The molecule has 44 heavy (non-hydrogen) atoms. The van der Waals surface area contributed by atoms with Crippen LogP contribution in [0.25, 0.3) is 11.1 Å². The zero-order chi connectivity index (χ0) is 31.4. The lowest BCUT2D eigenvalue weighted by Gasteiger charge is -2.10. The van der Waals surface area contributed by atoms with Gasteiger partial charge in [0.2, 0.25) is 0 Å². The van der Waals surface area contributed by atoms with Crippen LogP contribution in [-0.4, -0.2) is 12.6 Å². The first kappa shape index (κ1) is 35.3. The van der Waals surface area contributed by atoms with Crippen molar-refractivity contribution in [3.63, 3.8) is 0 Å². The van der Waals surface area contributed by atoms with E-state index in [1.54, 1.807) is 30.3 Å². The van der Waals surface area contributed by atoms with Gasteiger partial charge in [-0.3, -0.25) is 0 Å². The predicted molar refractivity (Wildman–Crippen MR) is 178 cm³/mol. The van der Waals surface area contributed by atoms with E-state index in [0.717, 1.165) is 43.2 Å². The van der Waals surface area contributed by atoms with Crippen molar-refractivity contribution in [1.29, 1.82) is 0 Å². The fraction of sp³-hybridized carbons (Fsp3) is 0.513. The Morgan fingerprint density at radius 2 is 1.09 bits per heavy atom. The van der Waals surface area contributed by atoms with Crippen molar-refractivity contribution in [2.45, 2.75) is 123 Å². The van der Waals surface area contributed by atoms with Gasteiger partial charge in [0, 0.05) is 0 Å². The first-order valence-electron chi connectivity index (χ1n) is 17.0. The predicted octanol–water partition coefficient (Wildman–Crippen LogP) is 12.1. The van der Waals surface area contributed by atoms with Crippen LogP contribution >= 0.6 is 0 Å². The van der Waals surface area contributed by atoms with E-state index in [2.05, 4.69) is 13.8 Å². The number of carbonyl (C=O) groups excluding carboxylic acids is 1. The van der Waals surface area contributed by atoms with Gasteiger partial charge in [-0.1, -0.05) is 128 Å². The molecule has 3 rings (SSSR count). The molecule has 240 valence electrons. The van der Waals surface area contributed by atoms with Crippen LogP contribution in [0.4, 0.5) is 8.78 Å². The molecule has 0 N–H and O–H groups in total. The number of aryl methyl sites for hydroxylation is 1. The topological polar surface area (TPSA) is 35.5 Å². The van der Waals surface area contributed by atoms with Crippen LogP contribution in [0.1, 0.15) is 133 Å². The summed E-state index contributed by atoms with van der Waals surface area (Å²) in [6.07, 6.45) is 20.3. The number of hydrogen-bond acceptors (Lipinski definition) is 3. The third-order valence-corrected chi connectivity index (χ3v) is 8.16. The highest BCUT2D eigenvalue weighted by atomic mass is 19.1. The molecule has 0 spiro atoms. The molecule has 0 radical (unpaired) electrons. The monoisotopic (exact) mass is 606 g/mol. The molecule has 0 aliphatic heterocycles. The highest BCUT2D eigenvalue weighted by Crippen LogP contribution is 2.27. The smallest absolute Gasteiger partial charge is 0.343 e. The van der Waals surface area contributed by atoms with E-state index in [9.17, 15) is 13.6 Å². The first-order chi connectivity index (χ1) is 21.5. The van der Waals surface area contributed by atoms with E-state index in [0.29, 0.717) is 17.7 Å². The number of unbranched alkanes of at least 4 members (excludes halogenated alkanes) is 14. The third kappa shape index (κ3) is 12.8. The molecule has 0 saturated heterocycles. The number of benzene rings is 3. The number of ether oxygens (including phenoxy) is 2. The average molecular weight is 607 g/mol. The maximum atomic E-state index is 14.7. The minimum atomic E-state index is -0.637. The van der Waals surface area contributed by atoms with Crippen LogP contribution < -0.4 is 9.47 Å². The Labute approximate surface area is 264 Å². The molecule has 0 aliphatic carbocycles. The second-order valence-electron chi connectivity index (χ2n) is 11.9. The van der Waals surface area contributed by atoms with E-state index in [1.165, 1.54) is 95.2 Å². The van der Waals surface area contributed by atoms with E-state index < -0.39 is 17.6 Å². The molecule has 3 aromatic rings. The molecule has 0 fully saturated rings. The zero-order valence-electron chi connectivity index (χ0n) is 27.0. The molecule has 0 heterocycles. The SMILES string of the molecule is CCCCCCCCCCCc1ccc(OC(=O)c2ccc(-c3ccc(OCCCCCCCCC)c(F)c3)cc2)c(F)c1. The minimum Gasteiger partial charge on any atom is -0.491 e. The molecule has 0 aliphatic rings. The Kier molecular flexibility index (Phi) is 16.6. The van der Waals surface area contributed by atoms with Crippen LogP contribution in [0.15, 0.2) is 60.7 Å². The van der Waals surface area contributed by atoms with E-state index >= 15 is 0 Å². The van der Waals surface area contributed by atoms with Gasteiger partial charge in [-0.05, 0) is 72.4 Å². The number of rotatable bonds is 22. The molecule has 0 aromatic heterocycles. The number of halogens is 2. The quantitative estimate of drug-likeness (QED) is 0.0648. The van der Waals surface area contributed by atoms with Crippen LogP contribution in [0.3, 0.4) is 0 Å². The Hall–Kier alpha value is -3.21. The van der Waals surface area contributed by atoms with Crippen LogP contribution in [0.2, 0.25) is 0 Å². The number of carbonyl (C=O) groups is 1. The molecule has 3 nitrogen and oxygen atoms in total. The summed E-state index contributed by atoms with van der Waals surface area (Å²) in [6.45, 7) is 4.95. The molecule has 5 heteroatoms. The van der Waals surface area contributed by atoms with Gasteiger partial charge in [0.15, 0.2) is 23.1 Å². The van der Waals surface area contributed by atoms with Crippen molar-refractivity contribution in [3.8, 4) is 22.6 Å². The Bertz CT molecular complexity index is 1240. The average Bonchev–Trinajstić information content (AvgIpc) is 3.03. The number of esters is 1. The van der Waals surface area contributed by atoms with Crippen molar-refractivity contribution in [2.75, 3.05) is 6.61 Å². The number of hydrogen-bond donors (Lipinski definition) is 0. The van der Waals surface area contributed by atoms with Gasteiger partial charge in [0.1, 0.15) is 0 Å². The largest absolute Gasteiger partial charge is 0.491 e. The Morgan fingerprint density at radius 1 is 0.568 bits per heavy atom. The lowest BCUT2D eigenvalue weighted by Crippen LogP contribution is -2.09. The Balaban J connectivity index is 1.42. The lowest BCUT2D eigenvalue weighted by atomic mass is 10.0. The summed E-state index contributed by atoms with van der Waals surface area (Å²) in [5, 5.41) is 0. The van der Waals surface area contributed by atoms with Gasteiger partial charge in [0.25, 0.3) is 0 Å². The molecular weight excluding hydrogens is 554 g/mol. The zero-order valence-corrected chi connectivity index (χ0v) is 27.0. The summed E-state index contributed by atoms with van der Waals surface area (Å²) in [7, 11) is 0. The van der Waals surface area contributed by atoms with Gasteiger partial charge in [-0.2, -0.15) is 0 Å².